The van der Waals surface area contributed by atoms with Crippen LogP contribution in [0.25, 0.3) is 0 Å². The monoisotopic (exact) mass is 436 g/mol. The highest BCUT2D eigenvalue weighted by Gasteiger charge is 2.41. The van der Waals surface area contributed by atoms with Crippen molar-refractivity contribution in [3.05, 3.63) is 34.4 Å². The summed E-state index contributed by atoms with van der Waals surface area (Å²) in [6.45, 7) is 6.25. The molecule has 0 spiro atoms. The Kier molecular flexibility index (Phi) is 10.3. The maximum atomic E-state index is 13.2. The van der Waals surface area contributed by atoms with E-state index in [1.165, 1.54) is 0 Å². The number of hydrogen-bond donors (Lipinski definition) is 0. The highest BCUT2D eigenvalue weighted by atomic mass is 16.7. The summed E-state index contributed by atoms with van der Waals surface area (Å²) >= 11 is 0. The maximum absolute atomic E-state index is 13.2. The highest BCUT2D eigenvalue weighted by Crippen LogP contribution is 2.46. The first kappa shape index (κ1) is 25.2. The van der Waals surface area contributed by atoms with Crippen molar-refractivity contribution >= 4 is 5.97 Å². The largest absolute Gasteiger partial charge is 0.467 e. The van der Waals surface area contributed by atoms with E-state index < -0.39 is 12.1 Å². The first-order chi connectivity index (χ1) is 15.0. The normalized spacial score (nSPS) is 17.7. The van der Waals surface area contributed by atoms with Crippen LogP contribution >= 0.6 is 0 Å². The molecule has 0 amide bonds. The van der Waals surface area contributed by atoms with E-state index in [4.69, 9.17) is 28.4 Å². The molecule has 0 saturated heterocycles. The quantitative estimate of drug-likeness (QED) is 0.187. The molecule has 0 bridgehead atoms. The fourth-order valence-corrected chi connectivity index (χ4v) is 3.70. The molecule has 174 valence electrons. The summed E-state index contributed by atoms with van der Waals surface area (Å²) in [7, 11) is 4.72. The van der Waals surface area contributed by atoms with Crippen LogP contribution in [0.2, 0.25) is 0 Å². The predicted octanol–water partition coefficient (Wildman–Crippen LogP) is 4.97. The summed E-state index contributed by atoms with van der Waals surface area (Å²) in [6.07, 6.45) is 5.60. The Bertz CT molecular complexity index is 753. The number of benzene rings is 1. The number of hydrogen-bond acceptors (Lipinski definition) is 7. The van der Waals surface area contributed by atoms with Gasteiger partial charge in [0.1, 0.15) is 29.3 Å². The Labute approximate surface area is 185 Å². The molecule has 31 heavy (non-hydrogen) atoms. The van der Waals surface area contributed by atoms with Gasteiger partial charge in [-0.1, -0.05) is 31.4 Å². The smallest absolute Gasteiger partial charge is 0.342 e. The van der Waals surface area contributed by atoms with Gasteiger partial charge in [-0.2, -0.15) is 0 Å². The number of allylic oxidation sites excluding steroid dienone is 2. The number of unbranched alkanes of at least 4 members (excludes halogenated alkanes) is 2. The highest BCUT2D eigenvalue weighted by molar-refractivity contribution is 5.97. The van der Waals surface area contributed by atoms with E-state index in [9.17, 15) is 4.79 Å². The van der Waals surface area contributed by atoms with Crippen molar-refractivity contribution in [1.29, 1.82) is 0 Å². The number of ether oxygens (including phenoxy) is 6. The van der Waals surface area contributed by atoms with Crippen LogP contribution in [0.3, 0.4) is 0 Å². The number of carbonyl (C=O) groups excluding carboxylic acids is 1. The summed E-state index contributed by atoms with van der Waals surface area (Å²) in [6, 6.07) is 1.90. The van der Waals surface area contributed by atoms with Crippen molar-refractivity contribution in [3.8, 4) is 11.5 Å². The molecule has 2 atom stereocenters. The minimum Gasteiger partial charge on any atom is -0.467 e. The summed E-state index contributed by atoms with van der Waals surface area (Å²) in [5.74, 6) is 0.554. The van der Waals surface area contributed by atoms with Crippen molar-refractivity contribution in [2.45, 2.75) is 65.1 Å². The minimum absolute atomic E-state index is 0.0113. The van der Waals surface area contributed by atoms with Crippen LogP contribution in [0.1, 0.15) is 74.0 Å². The summed E-state index contributed by atoms with van der Waals surface area (Å²) in [4.78, 5) is 13.2. The third kappa shape index (κ3) is 6.45. The molecule has 1 aliphatic rings. The molecule has 0 aliphatic carbocycles. The molecular weight excluding hydrogens is 400 g/mol. The first-order valence-electron chi connectivity index (χ1n) is 10.8. The Balaban J connectivity index is 2.62. The third-order valence-electron chi connectivity index (χ3n) is 5.17. The molecule has 0 unspecified atom stereocenters. The van der Waals surface area contributed by atoms with Crippen molar-refractivity contribution < 1.29 is 33.2 Å². The fraction of sp³-hybridized carbons (Fsp3) is 0.625. The molecule has 1 heterocycles. The third-order valence-corrected chi connectivity index (χ3v) is 5.17. The number of esters is 1. The van der Waals surface area contributed by atoms with Gasteiger partial charge in [-0.25, -0.2) is 4.79 Å². The molecule has 7 nitrogen and oxygen atoms in total. The summed E-state index contributed by atoms with van der Waals surface area (Å²) in [5, 5.41) is 0. The molecule has 1 aromatic carbocycles. The van der Waals surface area contributed by atoms with Gasteiger partial charge in [-0.15, -0.1) is 0 Å². The second kappa shape index (κ2) is 12.7. The van der Waals surface area contributed by atoms with Gasteiger partial charge in [0.15, 0.2) is 13.6 Å². The van der Waals surface area contributed by atoms with Crippen LogP contribution in [-0.4, -0.2) is 47.0 Å². The van der Waals surface area contributed by atoms with E-state index in [1.807, 2.05) is 19.9 Å². The molecule has 2 rings (SSSR count). The molecule has 0 fully saturated rings. The predicted molar refractivity (Wildman–Crippen MR) is 118 cm³/mol. The zero-order valence-corrected chi connectivity index (χ0v) is 19.6. The number of fused-ring (bicyclic) bond motifs is 1. The molecular formula is C24H36O7. The fourth-order valence-electron chi connectivity index (χ4n) is 3.70. The van der Waals surface area contributed by atoms with Crippen LogP contribution in [-0.2, 0) is 25.4 Å². The van der Waals surface area contributed by atoms with Gasteiger partial charge in [0.2, 0.25) is 0 Å². The molecule has 1 aliphatic heterocycles. The second-order valence-corrected chi connectivity index (χ2v) is 7.83. The molecule has 1 aromatic rings. The maximum Gasteiger partial charge on any atom is 0.342 e. The van der Waals surface area contributed by atoms with Gasteiger partial charge in [0.05, 0.1) is 0 Å². The SMILES string of the molecule is CCCCC[C@@H]1OC(=O)c2c(OCOC)c(CC=C(C)C)cc(OCOC)c2[C@@H]1OC. The van der Waals surface area contributed by atoms with E-state index in [-0.39, 0.29) is 19.7 Å². The topological polar surface area (TPSA) is 72.5 Å². The summed E-state index contributed by atoms with van der Waals surface area (Å²) < 4.78 is 33.7. The average molecular weight is 437 g/mol. The molecule has 0 radical (unpaired) electrons. The van der Waals surface area contributed by atoms with Crippen molar-refractivity contribution in [3.63, 3.8) is 0 Å². The second-order valence-electron chi connectivity index (χ2n) is 7.83. The van der Waals surface area contributed by atoms with Crippen LogP contribution in [0.5, 0.6) is 11.5 Å². The van der Waals surface area contributed by atoms with E-state index in [0.717, 1.165) is 36.8 Å². The molecule has 0 saturated carbocycles. The lowest BCUT2D eigenvalue weighted by atomic mass is 9.89. The number of cyclic esters (lactones) is 1. The molecule has 7 heteroatoms. The van der Waals surface area contributed by atoms with Crippen molar-refractivity contribution in [1.82, 2.24) is 0 Å². The molecule has 0 aromatic heterocycles. The van der Waals surface area contributed by atoms with Crippen LogP contribution in [0.15, 0.2) is 17.7 Å². The Morgan fingerprint density at radius 2 is 1.81 bits per heavy atom. The average Bonchev–Trinajstić information content (AvgIpc) is 2.75. The van der Waals surface area contributed by atoms with Gasteiger partial charge >= 0.3 is 5.97 Å². The van der Waals surface area contributed by atoms with Gasteiger partial charge < -0.3 is 28.4 Å². The van der Waals surface area contributed by atoms with Crippen LogP contribution in [0, 0.1) is 0 Å². The first-order valence-corrected chi connectivity index (χ1v) is 10.8. The standard InChI is InChI=1S/C24H36O7/c1-7-8-9-10-18-23(28-6)20-19(29-14-26-4)13-17(12-11-16(2)3)22(30-15-27-5)21(20)24(25)31-18/h11,13,18,23H,7-10,12,14-15H2,1-6H3/t18-,23+/m0/s1. The van der Waals surface area contributed by atoms with Crippen molar-refractivity contribution in [2.24, 2.45) is 0 Å². The van der Waals surface area contributed by atoms with Gasteiger partial charge in [0, 0.05) is 32.5 Å². The van der Waals surface area contributed by atoms with E-state index in [2.05, 4.69) is 13.0 Å². The lowest BCUT2D eigenvalue weighted by Crippen LogP contribution is -2.34. The van der Waals surface area contributed by atoms with Crippen LogP contribution in [0.4, 0.5) is 0 Å². The number of carbonyl (C=O) groups is 1. The van der Waals surface area contributed by atoms with E-state index >= 15 is 0 Å². The zero-order chi connectivity index (χ0) is 22.8. The van der Waals surface area contributed by atoms with E-state index in [0.29, 0.717) is 29.0 Å². The lowest BCUT2D eigenvalue weighted by Gasteiger charge is -2.34. The summed E-state index contributed by atoms with van der Waals surface area (Å²) in [5.41, 5.74) is 2.94. The van der Waals surface area contributed by atoms with E-state index in [1.54, 1.807) is 21.3 Å². The lowest BCUT2D eigenvalue weighted by molar-refractivity contribution is -0.0535. The minimum atomic E-state index is -0.459. The van der Waals surface area contributed by atoms with Gasteiger partial charge in [-0.05, 0) is 39.2 Å². The zero-order valence-electron chi connectivity index (χ0n) is 19.6. The molecule has 0 N–H and O–H groups in total. The Hall–Kier alpha value is -2.09. The van der Waals surface area contributed by atoms with Crippen LogP contribution < -0.4 is 9.47 Å². The van der Waals surface area contributed by atoms with Gasteiger partial charge in [0.25, 0.3) is 0 Å². The number of methoxy groups -OCH3 is 3. The van der Waals surface area contributed by atoms with Crippen molar-refractivity contribution in [2.75, 3.05) is 34.9 Å². The Morgan fingerprint density at radius 3 is 2.42 bits per heavy atom. The number of rotatable bonds is 13. The van der Waals surface area contributed by atoms with Gasteiger partial charge in [-0.3, -0.25) is 0 Å². The Morgan fingerprint density at radius 1 is 1.10 bits per heavy atom.